The molecule has 0 atom stereocenters. The first-order valence-electron chi connectivity index (χ1n) is 7.56. The average molecular weight is 534 g/mol. The van der Waals surface area contributed by atoms with Crippen LogP contribution >= 0.6 is 67.4 Å². The molecule has 1 saturated heterocycles. The minimum atomic E-state index is -0.180. The highest BCUT2D eigenvalue weighted by atomic mass is 79.9. The molecule has 0 saturated carbocycles. The van der Waals surface area contributed by atoms with E-state index < -0.39 is 0 Å². The SMILES string of the molecule is CCOc1ccc(Br)cc1/C=C1/SC(=S)N(c2ccc(Br)c(Cl)c2)C1=O. The number of anilines is 1. The summed E-state index contributed by atoms with van der Waals surface area (Å²) in [6, 6.07) is 11.0. The first-order valence-corrected chi connectivity index (χ1v) is 10.7. The lowest BCUT2D eigenvalue weighted by Crippen LogP contribution is -2.27. The van der Waals surface area contributed by atoms with Gasteiger partial charge < -0.3 is 4.74 Å². The van der Waals surface area contributed by atoms with Crippen LogP contribution in [0.3, 0.4) is 0 Å². The minimum Gasteiger partial charge on any atom is -0.493 e. The smallest absolute Gasteiger partial charge is 0.270 e. The molecule has 0 aliphatic carbocycles. The van der Waals surface area contributed by atoms with Crippen LogP contribution in [0, 0.1) is 0 Å². The van der Waals surface area contributed by atoms with Gasteiger partial charge in [0, 0.05) is 14.5 Å². The van der Waals surface area contributed by atoms with E-state index in [1.54, 1.807) is 24.3 Å². The fourth-order valence-corrected chi connectivity index (χ4v) is 4.46. The lowest BCUT2D eigenvalue weighted by atomic mass is 10.2. The first-order chi connectivity index (χ1) is 12.4. The number of ether oxygens (including phenoxy) is 1. The Balaban J connectivity index is 1.97. The third-order valence-corrected chi connectivity index (χ3v) is 6.54. The highest BCUT2D eigenvalue weighted by molar-refractivity contribution is 9.10. The van der Waals surface area contributed by atoms with Crippen LogP contribution in [0.2, 0.25) is 5.02 Å². The second kappa shape index (κ2) is 8.44. The number of thiocarbonyl (C=S) groups is 1. The maximum absolute atomic E-state index is 12.9. The Labute approximate surface area is 183 Å². The maximum Gasteiger partial charge on any atom is 0.270 e. The molecule has 3 nitrogen and oxygen atoms in total. The predicted molar refractivity (Wildman–Crippen MR) is 120 cm³/mol. The Bertz CT molecular complexity index is 933. The summed E-state index contributed by atoms with van der Waals surface area (Å²) in [5.74, 6) is 0.536. The quantitative estimate of drug-likeness (QED) is 0.324. The molecule has 1 heterocycles. The maximum atomic E-state index is 12.9. The van der Waals surface area contributed by atoms with Gasteiger partial charge >= 0.3 is 0 Å². The van der Waals surface area contributed by atoms with Gasteiger partial charge in [0.15, 0.2) is 4.32 Å². The van der Waals surface area contributed by atoms with Crippen molar-refractivity contribution in [2.45, 2.75) is 6.92 Å². The number of carbonyl (C=O) groups excluding carboxylic acids is 1. The summed E-state index contributed by atoms with van der Waals surface area (Å²) in [6.07, 6.45) is 1.80. The molecule has 0 N–H and O–H groups in total. The fourth-order valence-electron chi connectivity index (χ4n) is 2.37. The molecule has 2 aromatic rings. The number of amides is 1. The van der Waals surface area contributed by atoms with E-state index in [4.69, 9.17) is 28.6 Å². The average Bonchev–Trinajstić information content (AvgIpc) is 2.87. The molecule has 0 radical (unpaired) electrons. The van der Waals surface area contributed by atoms with Crippen molar-refractivity contribution in [3.8, 4) is 5.75 Å². The van der Waals surface area contributed by atoms with Crippen LogP contribution in [0.25, 0.3) is 6.08 Å². The Morgan fingerprint density at radius 3 is 2.73 bits per heavy atom. The zero-order valence-electron chi connectivity index (χ0n) is 13.5. The largest absolute Gasteiger partial charge is 0.493 e. The Hall–Kier alpha value is -0.860. The van der Waals surface area contributed by atoms with Crippen LogP contribution in [0.1, 0.15) is 12.5 Å². The Kier molecular flexibility index (Phi) is 6.45. The second-order valence-electron chi connectivity index (χ2n) is 5.23. The van der Waals surface area contributed by atoms with E-state index in [9.17, 15) is 4.79 Å². The van der Waals surface area contributed by atoms with E-state index in [2.05, 4.69) is 31.9 Å². The highest BCUT2D eigenvalue weighted by Crippen LogP contribution is 2.39. The molecule has 0 spiro atoms. The summed E-state index contributed by atoms with van der Waals surface area (Å²) in [7, 11) is 0. The van der Waals surface area contributed by atoms with Gasteiger partial charge in [0.25, 0.3) is 5.91 Å². The summed E-state index contributed by atoms with van der Waals surface area (Å²) in [5, 5.41) is 0.520. The van der Waals surface area contributed by atoms with Gasteiger partial charge in [-0.1, -0.05) is 51.5 Å². The zero-order chi connectivity index (χ0) is 18.8. The number of rotatable bonds is 4. The fraction of sp³-hybridized carbons (Fsp3) is 0.111. The number of halogens is 3. The van der Waals surface area contributed by atoms with E-state index in [1.807, 2.05) is 25.1 Å². The van der Waals surface area contributed by atoms with Gasteiger partial charge in [-0.15, -0.1) is 0 Å². The van der Waals surface area contributed by atoms with Crippen molar-refractivity contribution in [1.29, 1.82) is 0 Å². The molecule has 3 rings (SSSR count). The van der Waals surface area contributed by atoms with Gasteiger partial charge in [0.2, 0.25) is 0 Å². The topological polar surface area (TPSA) is 29.5 Å². The number of hydrogen-bond donors (Lipinski definition) is 0. The lowest BCUT2D eigenvalue weighted by molar-refractivity contribution is -0.113. The molecule has 1 fully saturated rings. The van der Waals surface area contributed by atoms with Crippen LogP contribution in [-0.4, -0.2) is 16.8 Å². The number of thioether (sulfide) groups is 1. The van der Waals surface area contributed by atoms with Crippen molar-refractivity contribution in [1.82, 2.24) is 0 Å². The summed E-state index contributed by atoms with van der Waals surface area (Å²) in [5.41, 5.74) is 1.46. The molecule has 1 aliphatic heterocycles. The number of hydrogen-bond acceptors (Lipinski definition) is 4. The van der Waals surface area contributed by atoms with E-state index in [0.29, 0.717) is 32.3 Å². The third-order valence-electron chi connectivity index (χ3n) is 3.51. The molecule has 0 bridgehead atoms. The summed E-state index contributed by atoms with van der Waals surface area (Å²) < 4.78 is 7.78. The van der Waals surface area contributed by atoms with Crippen molar-refractivity contribution < 1.29 is 9.53 Å². The monoisotopic (exact) mass is 531 g/mol. The molecule has 1 amide bonds. The number of benzene rings is 2. The molecule has 1 aliphatic rings. The van der Waals surface area contributed by atoms with Crippen LogP contribution in [0.4, 0.5) is 5.69 Å². The molecular weight excluding hydrogens is 522 g/mol. The van der Waals surface area contributed by atoms with Crippen molar-refractivity contribution in [2.24, 2.45) is 0 Å². The van der Waals surface area contributed by atoms with Crippen LogP contribution in [0.15, 0.2) is 50.2 Å². The zero-order valence-corrected chi connectivity index (χ0v) is 19.0. The molecular formula is C18H12Br2ClNO2S2. The molecule has 8 heteroatoms. The van der Waals surface area contributed by atoms with Crippen molar-refractivity contribution in [2.75, 3.05) is 11.5 Å². The van der Waals surface area contributed by atoms with E-state index >= 15 is 0 Å². The summed E-state index contributed by atoms with van der Waals surface area (Å²) >= 11 is 19.6. The van der Waals surface area contributed by atoms with Crippen molar-refractivity contribution >= 4 is 89.4 Å². The molecule has 0 aromatic heterocycles. The minimum absolute atomic E-state index is 0.180. The summed E-state index contributed by atoms with van der Waals surface area (Å²) in [4.78, 5) is 14.9. The number of nitrogens with zero attached hydrogens (tertiary/aromatic N) is 1. The van der Waals surface area contributed by atoms with E-state index in [0.717, 1.165) is 14.5 Å². The van der Waals surface area contributed by atoms with Crippen LogP contribution in [-0.2, 0) is 4.79 Å². The Morgan fingerprint density at radius 2 is 2.04 bits per heavy atom. The van der Waals surface area contributed by atoms with E-state index in [1.165, 1.54) is 16.7 Å². The molecule has 134 valence electrons. The molecule has 2 aromatic carbocycles. The molecule has 0 unspecified atom stereocenters. The Morgan fingerprint density at radius 1 is 1.27 bits per heavy atom. The van der Waals surface area contributed by atoms with Gasteiger partial charge in [-0.25, -0.2) is 0 Å². The standard InChI is InChI=1S/C18H12Br2ClNO2S2/c1-2-24-15-6-3-11(19)7-10(15)8-16-17(23)22(18(25)26-16)12-4-5-13(20)14(21)9-12/h3-9H,2H2,1H3/b16-8+. The number of carbonyl (C=O) groups is 1. The normalized spacial score (nSPS) is 15.8. The predicted octanol–water partition coefficient (Wildman–Crippen LogP) is 6.67. The molecule has 26 heavy (non-hydrogen) atoms. The van der Waals surface area contributed by atoms with Gasteiger partial charge in [-0.05, 0) is 65.3 Å². The van der Waals surface area contributed by atoms with E-state index in [-0.39, 0.29) is 5.91 Å². The van der Waals surface area contributed by atoms with Crippen LogP contribution in [0.5, 0.6) is 5.75 Å². The van der Waals surface area contributed by atoms with Gasteiger partial charge in [-0.2, -0.15) is 0 Å². The van der Waals surface area contributed by atoms with Crippen molar-refractivity contribution in [3.63, 3.8) is 0 Å². The van der Waals surface area contributed by atoms with Crippen molar-refractivity contribution in [3.05, 3.63) is 60.8 Å². The second-order valence-corrected chi connectivity index (χ2v) is 9.08. The highest BCUT2D eigenvalue weighted by Gasteiger charge is 2.33. The van der Waals surface area contributed by atoms with Gasteiger partial charge in [0.1, 0.15) is 5.75 Å². The third kappa shape index (κ3) is 4.17. The van der Waals surface area contributed by atoms with Crippen LogP contribution < -0.4 is 9.64 Å². The summed E-state index contributed by atoms with van der Waals surface area (Å²) in [6.45, 7) is 2.46. The lowest BCUT2D eigenvalue weighted by Gasteiger charge is -2.15. The first kappa shape index (κ1) is 19.9. The van der Waals surface area contributed by atoms with Gasteiger partial charge in [-0.3, -0.25) is 9.69 Å². The van der Waals surface area contributed by atoms with Gasteiger partial charge in [0.05, 0.1) is 22.2 Å².